The fourth-order valence-corrected chi connectivity index (χ4v) is 4.33. The van der Waals surface area contributed by atoms with Crippen molar-refractivity contribution in [3.8, 4) is 0 Å². The predicted molar refractivity (Wildman–Crippen MR) is 88.5 cm³/mol. The molecule has 1 heterocycles. The average Bonchev–Trinajstić information content (AvgIpc) is 2.86. The second-order valence-corrected chi connectivity index (χ2v) is 7.92. The summed E-state index contributed by atoms with van der Waals surface area (Å²) >= 11 is 0.385. The van der Waals surface area contributed by atoms with E-state index in [1.165, 1.54) is 15.6 Å². The maximum absolute atomic E-state index is 5.81. The van der Waals surface area contributed by atoms with Crippen molar-refractivity contribution in [1.82, 2.24) is 0 Å². The first-order valence-electron chi connectivity index (χ1n) is 7.13. The van der Waals surface area contributed by atoms with Gasteiger partial charge in [0.25, 0.3) is 0 Å². The van der Waals surface area contributed by atoms with Gasteiger partial charge in [0.15, 0.2) is 0 Å². The van der Waals surface area contributed by atoms with Gasteiger partial charge in [-0.3, -0.25) is 0 Å². The summed E-state index contributed by atoms with van der Waals surface area (Å²) in [5, 5.41) is 1.10. The molecule has 0 saturated carbocycles. The van der Waals surface area contributed by atoms with Crippen LogP contribution >= 0.6 is 0 Å². The minimum absolute atomic E-state index is 0.102. The second-order valence-electron chi connectivity index (χ2n) is 5.79. The molecule has 108 valence electrons. The number of benzene rings is 2. The zero-order valence-electron chi connectivity index (χ0n) is 12.4. The number of hydrogen-bond acceptors (Lipinski definition) is 2. The normalized spacial score (nSPS) is 16.4. The Labute approximate surface area is 132 Å². The first kappa shape index (κ1) is 14.4. The van der Waals surface area contributed by atoms with Gasteiger partial charge in [0.2, 0.25) is 0 Å². The SMILES string of the molecule is CC1(C)COC(c2ccccc2[Se]Cc2ccccc2)=N1. The van der Waals surface area contributed by atoms with E-state index in [0.29, 0.717) is 21.6 Å². The summed E-state index contributed by atoms with van der Waals surface area (Å²) in [6, 6.07) is 19.1. The molecule has 3 heteroatoms. The third kappa shape index (κ3) is 3.55. The molecule has 21 heavy (non-hydrogen) atoms. The molecule has 0 bridgehead atoms. The van der Waals surface area contributed by atoms with Crippen molar-refractivity contribution < 1.29 is 4.74 Å². The molecule has 0 amide bonds. The summed E-state index contributed by atoms with van der Waals surface area (Å²) in [6.45, 7) is 4.89. The van der Waals surface area contributed by atoms with Crippen molar-refractivity contribution in [2.75, 3.05) is 6.61 Å². The van der Waals surface area contributed by atoms with Gasteiger partial charge >= 0.3 is 132 Å². The minimum atomic E-state index is -0.102. The van der Waals surface area contributed by atoms with Crippen LogP contribution in [0.15, 0.2) is 59.6 Å². The molecule has 1 aliphatic rings. The van der Waals surface area contributed by atoms with Crippen LogP contribution in [0, 0.1) is 0 Å². The topological polar surface area (TPSA) is 21.6 Å². The van der Waals surface area contributed by atoms with E-state index in [-0.39, 0.29) is 5.54 Å². The van der Waals surface area contributed by atoms with E-state index in [1.54, 1.807) is 0 Å². The number of rotatable bonds is 4. The standard InChI is InChI=1S/C18H19NOSe/c1-18(2)13-20-17(19-18)15-10-6-7-11-16(15)21-12-14-8-4-3-5-9-14/h3-11H,12-13H2,1-2H3. The summed E-state index contributed by atoms with van der Waals surface area (Å²) in [6.07, 6.45) is 0. The Hall–Kier alpha value is -1.57. The molecule has 0 unspecified atom stereocenters. The number of hydrogen-bond donors (Lipinski definition) is 0. The molecule has 3 rings (SSSR count). The molecular weight excluding hydrogens is 325 g/mol. The summed E-state index contributed by atoms with van der Waals surface area (Å²) in [7, 11) is 0. The van der Waals surface area contributed by atoms with E-state index >= 15 is 0 Å². The molecule has 0 aliphatic carbocycles. The Balaban J connectivity index is 1.81. The Morgan fingerprint density at radius 1 is 1.05 bits per heavy atom. The zero-order valence-corrected chi connectivity index (χ0v) is 14.1. The van der Waals surface area contributed by atoms with Crippen LogP contribution in [0.3, 0.4) is 0 Å². The zero-order chi connectivity index (χ0) is 14.7. The number of nitrogens with zero attached hydrogens (tertiary/aromatic N) is 1. The van der Waals surface area contributed by atoms with E-state index in [9.17, 15) is 0 Å². The van der Waals surface area contributed by atoms with E-state index in [2.05, 4.69) is 68.4 Å². The Bertz CT molecular complexity index is 649. The van der Waals surface area contributed by atoms with Gasteiger partial charge in [-0.2, -0.15) is 0 Å². The molecule has 2 aromatic carbocycles. The first-order chi connectivity index (χ1) is 10.1. The summed E-state index contributed by atoms with van der Waals surface area (Å²) in [5.74, 6) is 0.811. The second kappa shape index (κ2) is 6.05. The van der Waals surface area contributed by atoms with Crippen LogP contribution in [0.25, 0.3) is 0 Å². The van der Waals surface area contributed by atoms with Crippen LogP contribution in [0.1, 0.15) is 25.0 Å². The van der Waals surface area contributed by atoms with E-state index in [4.69, 9.17) is 9.73 Å². The summed E-state index contributed by atoms with van der Waals surface area (Å²) in [4.78, 5) is 4.71. The van der Waals surface area contributed by atoms with Gasteiger partial charge in [0.05, 0.1) is 0 Å². The van der Waals surface area contributed by atoms with Crippen LogP contribution in [-0.2, 0) is 10.1 Å². The fraction of sp³-hybridized carbons (Fsp3) is 0.278. The Kier molecular flexibility index (Phi) is 4.14. The van der Waals surface area contributed by atoms with Crippen molar-refractivity contribution in [1.29, 1.82) is 0 Å². The fourth-order valence-electron chi connectivity index (χ4n) is 2.23. The van der Waals surface area contributed by atoms with Crippen molar-refractivity contribution in [2.24, 2.45) is 4.99 Å². The van der Waals surface area contributed by atoms with Crippen LogP contribution in [0.2, 0.25) is 0 Å². The molecule has 0 aromatic heterocycles. The first-order valence-corrected chi connectivity index (χ1v) is 9.20. The van der Waals surface area contributed by atoms with Gasteiger partial charge in [-0.1, -0.05) is 0 Å². The van der Waals surface area contributed by atoms with Gasteiger partial charge in [0, 0.05) is 0 Å². The molecule has 0 spiro atoms. The van der Waals surface area contributed by atoms with Gasteiger partial charge in [0.1, 0.15) is 0 Å². The van der Waals surface area contributed by atoms with Crippen LogP contribution in [0.4, 0.5) is 0 Å². The molecule has 2 nitrogen and oxygen atoms in total. The van der Waals surface area contributed by atoms with E-state index < -0.39 is 0 Å². The van der Waals surface area contributed by atoms with E-state index in [1.807, 2.05) is 0 Å². The predicted octanol–water partition coefficient (Wildman–Crippen LogP) is 2.77. The van der Waals surface area contributed by atoms with Gasteiger partial charge < -0.3 is 0 Å². The van der Waals surface area contributed by atoms with Gasteiger partial charge in [-0.05, 0) is 0 Å². The molecule has 0 fully saturated rings. The number of ether oxygens (including phenoxy) is 1. The van der Waals surface area contributed by atoms with Gasteiger partial charge in [-0.25, -0.2) is 0 Å². The van der Waals surface area contributed by atoms with Crippen molar-refractivity contribution >= 4 is 25.3 Å². The summed E-state index contributed by atoms with van der Waals surface area (Å²) in [5.41, 5.74) is 2.45. The molecule has 0 saturated heterocycles. The number of aliphatic imine (C=N–C) groups is 1. The maximum atomic E-state index is 5.81. The van der Waals surface area contributed by atoms with Crippen LogP contribution < -0.4 is 4.46 Å². The van der Waals surface area contributed by atoms with Crippen molar-refractivity contribution in [2.45, 2.75) is 24.7 Å². The van der Waals surface area contributed by atoms with Crippen molar-refractivity contribution in [3.05, 3.63) is 65.7 Å². The monoisotopic (exact) mass is 345 g/mol. The average molecular weight is 344 g/mol. The molecule has 1 aliphatic heterocycles. The summed E-state index contributed by atoms with van der Waals surface area (Å²) < 4.78 is 7.17. The Morgan fingerprint density at radius 3 is 2.48 bits per heavy atom. The molecule has 0 atom stereocenters. The quantitative estimate of drug-likeness (QED) is 0.782. The molecule has 2 aromatic rings. The molecular formula is C18H19NOSe. The third-order valence-electron chi connectivity index (χ3n) is 3.32. The Morgan fingerprint density at radius 2 is 1.76 bits per heavy atom. The van der Waals surface area contributed by atoms with Crippen LogP contribution in [0.5, 0.6) is 0 Å². The molecule has 0 radical (unpaired) electrons. The van der Waals surface area contributed by atoms with Crippen molar-refractivity contribution in [3.63, 3.8) is 0 Å². The van der Waals surface area contributed by atoms with E-state index in [0.717, 1.165) is 11.2 Å². The third-order valence-corrected chi connectivity index (χ3v) is 5.72. The van der Waals surface area contributed by atoms with Gasteiger partial charge in [-0.15, -0.1) is 0 Å². The molecule has 0 N–H and O–H groups in total. The van der Waals surface area contributed by atoms with Crippen LogP contribution in [-0.4, -0.2) is 33.0 Å².